The van der Waals surface area contributed by atoms with Crippen LogP contribution in [0.2, 0.25) is 0 Å². The number of carbonyl (C=O) groups is 2. The fourth-order valence-corrected chi connectivity index (χ4v) is 2.25. The third kappa shape index (κ3) is 5.01. The molecular weight excluding hydrogens is 302 g/mol. The zero-order valence-electron chi connectivity index (χ0n) is 14.0. The van der Waals surface area contributed by atoms with Crippen LogP contribution in [0, 0.1) is 17.6 Å². The van der Waals surface area contributed by atoms with Gasteiger partial charge in [0.2, 0.25) is 5.91 Å². The van der Waals surface area contributed by atoms with Gasteiger partial charge in [-0.15, -0.1) is 0 Å². The van der Waals surface area contributed by atoms with Gasteiger partial charge in [0, 0.05) is 6.04 Å². The molecule has 1 aromatic carbocycles. The van der Waals surface area contributed by atoms with Crippen molar-refractivity contribution < 1.29 is 18.4 Å². The summed E-state index contributed by atoms with van der Waals surface area (Å²) in [5.74, 6) is -3.41. The van der Waals surface area contributed by atoms with Gasteiger partial charge < -0.3 is 10.6 Å². The molecule has 6 heteroatoms. The zero-order valence-corrected chi connectivity index (χ0v) is 14.0. The minimum absolute atomic E-state index is 0.00542. The average Bonchev–Trinajstić information content (AvgIpc) is 2.49. The first-order valence-corrected chi connectivity index (χ1v) is 7.86. The van der Waals surface area contributed by atoms with Crippen molar-refractivity contribution in [2.75, 3.05) is 0 Å². The predicted octanol–water partition coefficient (Wildman–Crippen LogP) is 3.02. The number of rotatable bonds is 7. The highest BCUT2D eigenvalue weighted by atomic mass is 19.1. The van der Waals surface area contributed by atoms with E-state index in [1.54, 1.807) is 13.8 Å². The Labute approximate surface area is 135 Å². The van der Waals surface area contributed by atoms with Crippen LogP contribution in [0.4, 0.5) is 8.78 Å². The second-order valence-electron chi connectivity index (χ2n) is 5.81. The number of hydrogen-bond acceptors (Lipinski definition) is 2. The van der Waals surface area contributed by atoms with Crippen LogP contribution < -0.4 is 10.6 Å². The Balaban J connectivity index is 2.92. The van der Waals surface area contributed by atoms with E-state index in [2.05, 4.69) is 10.6 Å². The second-order valence-corrected chi connectivity index (χ2v) is 5.81. The van der Waals surface area contributed by atoms with Crippen LogP contribution in [-0.2, 0) is 4.79 Å². The van der Waals surface area contributed by atoms with Crippen LogP contribution in [0.5, 0.6) is 0 Å². The summed E-state index contributed by atoms with van der Waals surface area (Å²) >= 11 is 0. The molecule has 128 valence electrons. The van der Waals surface area contributed by atoms with Gasteiger partial charge in [0.05, 0.1) is 0 Å². The van der Waals surface area contributed by atoms with Crippen molar-refractivity contribution >= 4 is 11.8 Å². The van der Waals surface area contributed by atoms with Crippen molar-refractivity contribution in [2.24, 2.45) is 5.92 Å². The van der Waals surface area contributed by atoms with Crippen LogP contribution in [-0.4, -0.2) is 23.9 Å². The summed E-state index contributed by atoms with van der Waals surface area (Å²) in [4.78, 5) is 24.5. The summed E-state index contributed by atoms with van der Waals surface area (Å²) in [6, 6.07) is 2.34. The van der Waals surface area contributed by atoms with E-state index in [0.29, 0.717) is 0 Å². The summed E-state index contributed by atoms with van der Waals surface area (Å²) in [6.07, 6.45) is 1.53. The van der Waals surface area contributed by atoms with Gasteiger partial charge in [-0.25, -0.2) is 8.78 Å². The molecule has 1 aromatic rings. The van der Waals surface area contributed by atoms with Gasteiger partial charge >= 0.3 is 0 Å². The number of amides is 2. The second kappa shape index (κ2) is 8.60. The number of halogens is 2. The highest BCUT2D eigenvalue weighted by Crippen LogP contribution is 2.13. The van der Waals surface area contributed by atoms with Crippen LogP contribution >= 0.6 is 0 Å². The fourth-order valence-electron chi connectivity index (χ4n) is 2.25. The molecule has 0 aliphatic heterocycles. The van der Waals surface area contributed by atoms with Crippen LogP contribution in [0.25, 0.3) is 0 Å². The van der Waals surface area contributed by atoms with Crippen LogP contribution in [0.3, 0.4) is 0 Å². The zero-order chi connectivity index (χ0) is 17.6. The van der Waals surface area contributed by atoms with E-state index in [1.165, 1.54) is 6.07 Å². The van der Waals surface area contributed by atoms with Gasteiger partial charge in [-0.2, -0.15) is 0 Å². The van der Waals surface area contributed by atoms with E-state index >= 15 is 0 Å². The summed E-state index contributed by atoms with van der Waals surface area (Å²) in [5, 5.41) is 5.28. The maximum atomic E-state index is 13.7. The van der Waals surface area contributed by atoms with Crippen molar-refractivity contribution in [1.82, 2.24) is 10.6 Å². The molecule has 0 bridgehead atoms. The van der Waals surface area contributed by atoms with E-state index < -0.39 is 29.1 Å². The number of nitrogens with one attached hydrogen (secondary N) is 2. The van der Waals surface area contributed by atoms with Gasteiger partial charge in [-0.3, -0.25) is 9.59 Å². The number of hydrogen-bond donors (Lipinski definition) is 2. The molecule has 0 aromatic heterocycles. The maximum absolute atomic E-state index is 13.7. The minimum Gasteiger partial charge on any atom is -0.352 e. The lowest BCUT2D eigenvalue weighted by Crippen LogP contribution is -2.52. The summed E-state index contributed by atoms with van der Waals surface area (Å²) in [5.41, 5.74) is -0.673. The Kier molecular flexibility index (Phi) is 7.13. The predicted molar refractivity (Wildman–Crippen MR) is 85.0 cm³/mol. The third-order valence-corrected chi connectivity index (χ3v) is 3.76. The highest BCUT2D eigenvalue weighted by Gasteiger charge is 2.28. The molecule has 0 saturated carbocycles. The van der Waals surface area contributed by atoms with Crippen molar-refractivity contribution in [2.45, 2.75) is 52.6 Å². The van der Waals surface area contributed by atoms with Gasteiger partial charge in [-0.05, 0) is 30.9 Å². The largest absolute Gasteiger partial charge is 0.352 e. The van der Waals surface area contributed by atoms with E-state index in [-0.39, 0.29) is 17.9 Å². The molecule has 0 spiro atoms. The molecule has 23 heavy (non-hydrogen) atoms. The molecule has 0 aliphatic rings. The maximum Gasteiger partial charge on any atom is 0.257 e. The fraction of sp³-hybridized carbons (Fsp3) is 0.529. The summed E-state index contributed by atoms with van der Waals surface area (Å²) in [6.45, 7) is 7.42. The van der Waals surface area contributed by atoms with Crippen LogP contribution in [0.1, 0.15) is 50.9 Å². The Bertz CT molecular complexity index is 537. The molecule has 1 atom stereocenters. The Morgan fingerprint density at radius 3 is 2.00 bits per heavy atom. The molecular formula is C17H24F2N2O2. The summed E-state index contributed by atoms with van der Waals surface area (Å²) < 4.78 is 27.3. The molecule has 1 rings (SSSR count). The molecule has 0 fully saturated rings. The van der Waals surface area contributed by atoms with Gasteiger partial charge in [-0.1, -0.05) is 33.8 Å². The van der Waals surface area contributed by atoms with Gasteiger partial charge in [0.15, 0.2) is 0 Å². The highest BCUT2D eigenvalue weighted by molar-refractivity contribution is 5.98. The topological polar surface area (TPSA) is 58.2 Å². The van der Waals surface area contributed by atoms with E-state index in [0.717, 1.165) is 25.0 Å². The van der Waals surface area contributed by atoms with Crippen molar-refractivity contribution in [3.05, 3.63) is 35.4 Å². The quantitative estimate of drug-likeness (QED) is 0.809. The van der Waals surface area contributed by atoms with E-state index in [4.69, 9.17) is 0 Å². The molecule has 0 heterocycles. The standard InChI is InChI=1S/C17H24F2N2O2/c1-5-11(6-2)20-17(23)15(10(3)4)21-16(22)14-12(18)8-7-9-13(14)19/h7-11,15H,5-6H2,1-4H3,(H,20,23)(H,21,22). The van der Waals surface area contributed by atoms with Crippen LogP contribution in [0.15, 0.2) is 18.2 Å². The molecule has 0 radical (unpaired) electrons. The molecule has 4 nitrogen and oxygen atoms in total. The first-order valence-electron chi connectivity index (χ1n) is 7.86. The third-order valence-electron chi connectivity index (χ3n) is 3.76. The summed E-state index contributed by atoms with van der Waals surface area (Å²) in [7, 11) is 0. The smallest absolute Gasteiger partial charge is 0.257 e. The van der Waals surface area contributed by atoms with Crippen molar-refractivity contribution in [3.8, 4) is 0 Å². The Morgan fingerprint density at radius 1 is 1.04 bits per heavy atom. The van der Waals surface area contributed by atoms with Crippen molar-refractivity contribution in [3.63, 3.8) is 0 Å². The first-order chi connectivity index (χ1) is 10.8. The number of benzene rings is 1. The molecule has 2 amide bonds. The van der Waals surface area contributed by atoms with E-state index in [1.807, 2.05) is 13.8 Å². The molecule has 2 N–H and O–H groups in total. The minimum atomic E-state index is -0.953. The van der Waals surface area contributed by atoms with Crippen molar-refractivity contribution in [1.29, 1.82) is 0 Å². The Hall–Kier alpha value is -1.98. The average molecular weight is 326 g/mol. The van der Waals surface area contributed by atoms with Gasteiger partial charge in [0.25, 0.3) is 5.91 Å². The SMILES string of the molecule is CCC(CC)NC(=O)C(NC(=O)c1c(F)cccc1F)C(C)C. The monoisotopic (exact) mass is 326 g/mol. The molecule has 1 unspecified atom stereocenters. The molecule has 0 aliphatic carbocycles. The lowest BCUT2D eigenvalue weighted by Gasteiger charge is -2.24. The lowest BCUT2D eigenvalue weighted by atomic mass is 10.0. The molecule has 0 saturated heterocycles. The Morgan fingerprint density at radius 2 is 1.57 bits per heavy atom. The first kappa shape index (κ1) is 19.1. The lowest BCUT2D eigenvalue weighted by molar-refractivity contribution is -0.124. The van der Waals surface area contributed by atoms with E-state index in [9.17, 15) is 18.4 Å². The number of carbonyl (C=O) groups excluding carboxylic acids is 2. The van der Waals surface area contributed by atoms with Gasteiger partial charge in [0.1, 0.15) is 23.2 Å². The normalized spacial score (nSPS) is 12.3.